The molecule has 9 heteroatoms. The van der Waals surface area contributed by atoms with Crippen molar-refractivity contribution in [2.45, 2.75) is 46.2 Å². The van der Waals surface area contributed by atoms with Gasteiger partial charge in [0.1, 0.15) is 12.6 Å². The highest BCUT2D eigenvalue weighted by molar-refractivity contribution is 7.92. The Balaban J connectivity index is 2.09. The fourth-order valence-corrected chi connectivity index (χ4v) is 5.67. The zero-order valence-electron chi connectivity index (χ0n) is 22.9. The summed E-state index contributed by atoms with van der Waals surface area (Å²) in [5, 5.41) is 3.38. The van der Waals surface area contributed by atoms with Crippen LogP contribution in [0.5, 0.6) is 0 Å². The maximum absolute atomic E-state index is 14.1. The number of amides is 2. The number of carbonyl (C=O) groups excluding carboxylic acids is 2. The average molecular weight is 570 g/mol. The Morgan fingerprint density at radius 2 is 1.54 bits per heavy atom. The Morgan fingerprint density at radius 3 is 2.13 bits per heavy atom. The van der Waals surface area contributed by atoms with E-state index in [2.05, 4.69) is 5.32 Å². The molecular weight excluding hydrogens is 534 g/mol. The summed E-state index contributed by atoms with van der Waals surface area (Å²) in [6, 6.07) is 21.1. The zero-order valence-corrected chi connectivity index (χ0v) is 24.4. The first-order valence-corrected chi connectivity index (χ1v) is 15.1. The number of aryl methyl sites for hydroxylation is 2. The molecule has 0 aromatic heterocycles. The molecule has 0 saturated heterocycles. The normalized spacial score (nSPS) is 12.0. The summed E-state index contributed by atoms with van der Waals surface area (Å²) < 4.78 is 27.1. The lowest BCUT2D eigenvalue weighted by Crippen LogP contribution is -2.53. The molecule has 2 amide bonds. The molecule has 0 saturated carbocycles. The van der Waals surface area contributed by atoms with Gasteiger partial charge in [0.05, 0.1) is 11.9 Å². The molecule has 0 heterocycles. The van der Waals surface area contributed by atoms with E-state index >= 15 is 0 Å². The molecule has 0 fully saturated rings. The number of rotatable bonds is 12. The van der Waals surface area contributed by atoms with E-state index in [1.54, 1.807) is 18.2 Å². The lowest BCUT2D eigenvalue weighted by Gasteiger charge is -2.34. The number of sulfonamides is 1. The quantitative estimate of drug-likeness (QED) is 0.336. The summed E-state index contributed by atoms with van der Waals surface area (Å²) in [4.78, 5) is 29.1. The smallest absolute Gasteiger partial charge is 0.244 e. The van der Waals surface area contributed by atoms with Gasteiger partial charge in [-0.1, -0.05) is 85.3 Å². The van der Waals surface area contributed by atoms with E-state index in [1.807, 2.05) is 75.4 Å². The molecule has 0 radical (unpaired) electrons. The molecule has 3 rings (SSSR count). The fraction of sp³-hybridized carbons (Fsp3) is 0.333. The van der Waals surface area contributed by atoms with Crippen LogP contribution in [0.3, 0.4) is 0 Å². The van der Waals surface area contributed by atoms with Crippen LogP contribution in [0.2, 0.25) is 5.02 Å². The largest absolute Gasteiger partial charge is 0.354 e. The number of anilines is 1. The number of para-hydroxylation sites is 1. The number of nitrogens with one attached hydrogen (secondary N) is 1. The number of halogens is 1. The van der Waals surface area contributed by atoms with Gasteiger partial charge in [0.2, 0.25) is 21.8 Å². The highest BCUT2D eigenvalue weighted by atomic mass is 35.5. The molecule has 0 bridgehead atoms. The topological polar surface area (TPSA) is 86.8 Å². The molecule has 1 atom stereocenters. The van der Waals surface area contributed by atoms with E-state index in [4.69, 9.17) is 11.6 Å². The minimum Gasteiger partial charge on any atom is -0.354 e. The van der Waals surface area contributed by atoms with E-state index in [1.165, 1.54) is 4.90 Å². The van der Waals surface area contributed by atoms with Gasteiger partial charge in [-0.3, -0.25) is 13.9 Å². The zero-order chi connectivity index (χ0) is 28.6. The molecule has 0 aliphatic carbocycles. The van der Waals surface area contributed by atoms with Crippen molar-refractivity contribution in [2.75, 3.05) is 23.7 Å². The Bertz CT molecular complexity index is 1380. The van der Waals surface area contributed by atoms with Gasteiger partial charge in [0.15, 0.2) is 0 Å². The summed E-state index contributed by atoms with van der Waals surface area (Å²) in [7, 11) is -3.83. The summed E-state index contributed by atoms with van der Waals surface area (Å²) >= 11 is 6.47. The van der Waals surface area contributed by atoms with Crippen LogP contribution in [0.25, 0.3) is 0 Å². The van der Waals surface area contributed by atoms with Crippen LogP contribution in [0.4, 0.5) is 5.69 Å². The van der Waals surface area contributed by atoms with Crippen LogP contribution in [-0.4, -0.2) is 50.5 Å². The summed E-state index contributed by atoms with van der Waals surface area (Å²) in [6.45, 7) is 5.61. The maximum atomic E-state index is 14.1. The van der Waals surface area contributed by atoms with Gasteiger partial charge in [-0.05, 0) is 48.6 Å². The van der Waals surface area contributed by atoms with E-state index in [9.17, 15) is 18.0 Å². The number of hydrogen-bond donors (Lipinski definition) is 1. The number of benzene rings is 3. The predicted molar refractivity (Wildman–Crippen MR) is 157 cm³/mol. The number of carbonyl (C=O) groups is 2. The van der Waals surface area contributed by atoms with Crippen molar-refractivity contribution in [1.29, 1.82) is 0 Å². The lowest BCUT2D eigenvalue weighted by molar-refractivity contribution is -0.140. The Kier molecular flexibility index (Phi) is 10.5. The molecule has 208 valence electrons. The highest BCUT2D eigenvalue weighted by Gasteiger charge is 2.33. The molecule has 1 N–H and O–H groups in total. The second kappa shape index (κ2) is 13.6. The molecule has 1 unspecified atom stereocenters. The van der Waals surface area contributed by atoms with Gasteiger partial charge in [-0.15, -0.1) is 0 Å². The van der Waals surface area contributed by atoms with E-state index in [-0.39, 0.29) is 18.9 Å². The van der Waals surface area contributed by atoms with Gasteiger partial charge in [-0.25, -0.2) is 8.42 Å². The second-order valence-corrected chi connectivity index (χ2v) is 11.9. The Labute approximate surface area is 236 Å². The monoisotopic (exact) mass is 569 g/mol. The van der Waals surface area contributed by atoms with Gasteiger partial charge in [0.25, 0.3) is 0 Å². The summed E-state index contributed by atoms with van der Waals surface area (Å²) in [5.41, 5.74) is 3.45. The highest BCUT2D eigenvalue weighted by Crippen LogP contribution is 2.28. The molecule has 0 spiro atoms. The van der Waals surface area contributed by atoms with Crippen LogP contribution in [0.15, 0.2) is 72.8 Å². The van der Waals surface area contributed by atoms with Gasteiger partial charge in [-0.2, -0.15) is 0 Å². The molecule has 3 aromatic rings. The Morgan fingerprint density at radius 1 is 0.923 bits per heavy atom. The standard InChI is InChI=1S/C30H36ClN3O4S/c1-5-18-32-30(36)27(19-24-14-7-6-8-15-24)33(20-25-16-9-10-17-26(25)31)28(35)21-34(39(4,37)38)29-22(2)12-11-13-23(29)3/h6-17,27H,5,18-21H2,1-4H3,(H,32,36). The summed E-state index contributed by atoms with van der Waals surface area (Å²) in [5.74, 6) is -0.810. The summed E-state index contributed by atoms with van der Waals surface area (Å²) in [6.07, 6.45) is 2.07. The lowest BCUT2D eigenvalue weighted by atomic mass is 10.0. The van der Waals surface area contributed by atoms with Crippen molar-refractivity contribution in [2.24, 2.45) is 0 Å². The molecule has 0 aliphatic rings. The molecule has 7 nitrogen and oxygen atoms in total. The van der Waals surface area contributed by atoms with Gasteiger partial charge in [0, 0.05) is 24.5 Å². The molecular formula is C30H36ClN3O4S. The van der Waals surface area contributed by atoms with Crippen LogP contribution in [0.1, 0.15) is 35.6 Å². The first kappa shape index (κ1) is 30.2. The van der Waals surface area contributed by atoms with Gasteiger partial charge < -0.3 is 10.2 Å². The minimum absolute atomic E-state index is 0.0416. The fourth-order valence-electron chi connectivity index (χ4n) is 4.50. The predicted octanol–water partition coefficient (Wildman–Crippen LogP) is 4.89. The number of hydrogen-bond acceptors (Lipinski definition) is 4. The SMILES string of the molecule is CCCNC(=O)C(Cc1ccccc1)N(Cc1ccccc1Cl)C(=O)CN(c1c(C)cccc1C)S(C)(=O)=O. The first-order chi connectivity index (χ1) is 18.5. The third kappa shape index (κ3) is 8.07. The maximum Gasteiger partial charge on any atom is 0.244 e. The minimum atomic E-state index is -3.83. The van der Waals surface area contributed by atoms with Crippen molar-refractivity contribution in [1.82, 2.24) is 10.2 Å². The van der Waals surface area contributed by atoms with E-state index in [0.29, 0.717) is 22.8 Å². The molecule has 3 aromatic carbocycles. The molecule has 0 aliphatic heterocycles. The van der Waals surface area contributed by atoms with E-state index < -0.39 is 28.5 Å². The van der Waals surface area contributed by atoms with Crippen LogP contribution < -0.4 is 9.62 Å². The van der Waals surface area contributed by atoms with Crippen molar-refractivity contribution in [3.05, 3.63) is 100 Å². The van der Waals surface area contributed by atoms with Crippen molar-refractivity contribution in [3.8, 4) is 0 Å². The second-order valence-electron chi connectivity index (χ2n) is 9.62. The third-order valence-corrected chi connectivity index (χ3v) is 7.97. The van der Waals surface area contributed by atoms with Crippen LogP contribution in [0, 0.1) is 13.8 Å². The number of nitrogens with zero attached hydrogens (tertiary/aromatic N) is 2. The van der Waals surface area contributed by atoms with Crippen molar-refractivity contribution in [3.63, 3.8) is 0 Å². The molecule has 39 heavy (non-hydrogen) atoms. The van der Waals surface area contributed by atoms with Crippen molar-refractivity contribution < 1.29 is 18.0 Å². The average Bonchev–Trinajstić information content (AvgIpc) is 2.89. The van der Waals surface area contributed by atoms with Crippen LogP contribution >= 0.6 is 11.6 Å². The van der Waals surface area contributed by atoms with Crippen LogP contribution in [-0.2, 0) is 32.6 Å². The first-order valence-electron chi connectivity index (χ1n) is 12.9. The van der Waals surface area contributed by atoms with E-state index in [0.717, 1.165) is 33.7 Å². The van der Waals surface area contributed by atoms with Crippen molar-refractivity contribution >= 4 is 39.1 Å². The Hall–Kier alpha value is -3.36. The van der Waals surface area contributed by atoms with Gasteiger partial charge >= 0.3 is 0 Å². The third-order valence-electron chi connectivity index (χ3n) is 6.49.